The third-order valence-electron chi connectivity index (χ3n) is 5.25. The summed E-state index contributed by atoms with van der Waals surface area (Å²) in [5.74, 6) is -1.90. The summed E-state index contributed by atoms with van der Waals surface area (Å²) in [5, 5.41) is 28.9. The minimum absolute atomic E-state index is 0.0241. The maximum Gasteiger partial charge on any atom is 0.329 e. The van der Waals surface area contributed by atoms with Crippen LogP contribution < -0.4 is 4.90 Å². The second kappa shape index (κ2) is 10.3. The smallest absolute Gasteiger partial charge is 0.329 e. The van der Waals surface area contributed by atoms with Crippen LogP contribution in [0.25, 0.3) is 0 Å². The van der Waals surface area contributed by atoms with E-state index in [1.807, 2.05) is 0 Å². The molecular formula is C23H26N2O7. The van der Waals surface area contributed by atoms with Crippen LogP contribution in [0, 0.1) is 0 Å². The van der Waals surface area contributed by atoms with E-state index >= 15 is 0 Å². The molecule has 0 aliphatic carbocycles. The highest BCUT2D eigenvalue weighted by Crippen LogP contribution is 2.31. The number of amides is 2. The summed E-state index contributed by atoms with van der Waals surface area (Å²) in [6.07, 6.45) is -0.0241. The van der Waals surface area contributed by atoms with Crippen LogP contribution in [-0.2, 0) is 16.0 Å². The van der Waals surface area contributed by atoms with E-state index in [4.69, 9.17) is 4.74 Å². The molecule has 3 rings (SSSR count). The Bertz CT molecular complexity index is 967. The molecule has 32 heavy (non-hydrogen) atoms. The predicted octanol–water partition coefficient (Wildman–Crippen LogP) is 0.954. The third-order valence-corrected chi connectivity index (χ3v) is 5.25. The van der Waals surface area contributed by atoms with E-state index in [0.717, 1.165) is 4.90 Å². The van der Waals surface area contributed by atoms with Gasteiger partial charge in [-0.05, 0) is 36.8 Å². The highest BCUT2D eigenvalue weighted by atomic mass is 16.5. The maximum absolute atomic E-state index is 12.9. The molecule has 0 fully saturated rings. The Labute approximate surface area is 185 Å². The molecular weight excluding hydrogens is 416 g/mol. The van der Waals surface area contributed by atoms with Crippen molar-refractivity contribution in [2.45, 2.75) is 19.4 Å². The zero-order valence-corrected chi connectivity index (χ0v) is 17.7. The van der Waals surface area contributed by atoms with Crippen molar-refractivity contribution >= 4 is 23.5 Å². The summed E-state index contributed by atoms with van der Waals surface area (Å²) in [6, 6.07) is 9.80. The van der Waals surface area contributed by atoms with E-state index in [2.05, 4.69) is 0 Å². The van der Waals surface area contributed by atoms with Gasteiger partial charge < -0.3 is 25.0 Å². The van der Waals surface area contributed by atoms with Gasteiger partial charge in [0.25, 0.3) is 11.8 Å². The van der Waals surface area contributed by atoms with Gasteiger partial charge in [0.05, 0.1) is 36.6 Å². The van der Waals surface area contributed by atoms with Crippen LogP contribution in [0.3, 0.4) is 0 Å². The molecule has 0 bridgehead atoms. The number of ether oxygens (including phenoxy) is 1. The Hall–Kier alpha value is -3.43. The van der Waals surface area contributed by atoms with E-state index in [9.17, 15) is 29.7 Å². The number of hydrogen-bond acceptors (Lipinski definition) is 8. The standard InChI is InChI=1S/C23H26N2O7/c1-2-32-23(31)19(25-21(29)16-5-3-4-6-17(16)22(25)30)14-15-7-8-20(28)18(13-15)24(9-11-26)10-12-27/h3-8,13,19,26-28H,2,9-12,14H2,1H3/t19-/m1/s1. The van der Waals surface area contributed by atoms with Crippen LogP contribution in [-0.4, -0.2) is 77.0 Å². The van der Waals surface area contributed by atoms with Crippen molar-refractivity contribution in [2.75, 3.05) is 37.8 Å². The first-order chi connectivity index (χ1) is 15.4. The Morgan fingerprint density at radius 2 is 1.62 bits per heavy atom. The molecule has 0 saturated carbocycles. The van der Waals surface area contributed by atoms with E-state index in [1.165, 1.54) is 18.2 Å². The molecule has 170 valence electrons. The van der Waals surface area contributed by atoms with Crippen molar-refractivity contribution in [1.82, 2.24) is 4.90 Å². The minimum atomic E-state index is -1.19. The zero-order chi connectivity index (χ0) is 23.3. The van der Waals surface area contributed by atoms with Crippen LogP contribution in [0.15, 0.2) is 42.5 Å². The second-order valence-corrected chi connectivity index (χ2v) is 7.26. The van der Waals surface area contributed by atoms with E-state index in [1.54, 1.807) is 36.1 Å². The molecule has 9 nitrogen and oxygen atoms in total. The highest BCUT2D eigenvalue weighted by Gasteiger charge is 2.43. The lowest BCUT2D eigenvalue weighted by atomic mass is 10.0. The van der Waals surface area contributed by atoms with Gasteiger partial charge in [0.15, 0.2) is 0 Å². The molecule has 0 unspecified atom stereocenters. The molecule has 1 atom stereocenters. The van der Waals surface area contributed by atoms with Crippen LogP contribution >= 0.6 is 0 Å². The minimum Gasteiger partial charge on any atom is -0.506 e. The van der Waals surface area contributed by atoms with Crippen molar-refractivity contribution in [3.05, 3.63) is 59.2 Å². The number of aromatic hydroxyl groups is 1. The number of fused-ring (bicyclic) bond motifs is 1. The fourth-order valence-electron chi connectivity index (χ4n) is 3.78. The SMILES string of the molecule is CCOC(=O)[C@@H](Cc1ccc(O)c(N(CCO)CCO)c1)N1C(=O)c2ccccc2C1=O. The number of aliphatic hydroxyl groups is 2. The fraction of sp³-hybridized carbons (Fsp3) is 0.348. The molecule has 3 N–H and O–H groups in total. The Kier molecular flexibility index (Phi) is 7.45. The molecule has 1 heterocycles. The number of imide groups is 1. The van der Waals surface area contributed by atoms with Gasteiger partial charge in [-0.2, -0.15) is 0 Å². The van der Waals surface area contributed by atoms with Crippen LogP contribution in [0.1, 0.15) is 33.2 Å². The van der Waals surface area contributed by atoms with Crippen molar-refractivity contribution in [2.24, 2.45) is 0 Å². The van der Waals surface area contributed by atoms with Gasteiger partial charge >= 0.3 is 5.97 Å². The number of carbonyl (C=O) groups is 3. The van der Waals surface area contributed by atoms with Gasteiger partial charge in [-0.1, -0.05) is 18.2 Å². The number of nitrogens with zero attached hydrogens (tertiary/aromatic N) is 2. The van der Waals surface area contributed by atoms with Crippen LogP contribution in [0.4, 0.5) is 5.69 Å². The number of rotatable bonds is 10. The number of esters is 1. The Morgan fingerprint density at radius 3 is 2.16 bits per heavy atom. The number of phenols is 1. The van der Waals surface area contributed by atoms with Gasteiger partial charge in [-0.3, -0.25) is 14.5 Å². The number of anilines is 1. The number of carbonyl (C=O) groups excluding carboxylic acids is 3. The first kappa shape index (κ1) is 23.2. The van der Waals surface area contributed by atoms with Gasteiger partial charge in [0, 0.05) is 19.5 Å². The summed E-state index contributed by atoms with van der Waals surface area (Å²) in [6.45, 7) is 1.70. The second-order valence-electron chi connectivity index (χ2n) is 7.26. The molecule has 0 saturated heterocycles. The van der Waals surface area contributed by atoms with Gasteiger partial charge in [0.2, 0.25) is 0 Å². The van der Waals surface area contributed by atoms with Gasteiger partial charge in [-0.25, -0.2) is 4.79 Å². The fourth-order valence-corrected chi connectivity index (χ4v) is 3.78. The van der Waals surface area contributed by atoms with Gasteiger partial charge in [0.1, 0.15) is 11.8 Å². The van der Waals surface area contributed by atoms with Gasteiger partial charge in [-0.15, -0.1) is 0 Å². The Morgan fingerprint density at radius 1 is 1.03 bits per heavy atom. The Balaban J connectivity index is 1.96. The molecule has 2 aromatic rings. The molecule has 1 aliphatic rings. The average molecular weight is 442 g/mol. The molecule has 0 radical (unpaired) electrons. The summed E-state index contributed by atoms with van der Waals surface area (Å²) >= 11 is 0. The third kappa shape index (κ3) is 4.58. The number of hydrogen-bond donors (Lipinski definition) is 3. The lowest BCUT2D eigenvalue weighted by Crippen LogP contribution is -2.47. The molecule has 0 spiro atoms. The largest absolute Gasteiger partial charge is 0.506 e. The zero-order valence-electron chi connectivity index (χ0n) is 17.7. The van der Waals surface area contributed by atoms with Crippen LogP contribution in [0.2, 0.25) is 0 Å². The van der Waals surface area contributed by atoms with Crippen LogP contribution in [0.5, 0.6) is 5.75 Å². The molecule has 2 aromatic carbocycles. The number of benzene rings is 2. The number of aliphatic hydroxyl groups excluding tert-OH is 2. The summed E-state index contributed by atoms with van der Waals surface area (Å²) in [7, 11) is 0. The van der Waals surface area contributed by atoms with E-state index in [-0.39, 0.29) is 56.2 Å². The quantitative estimate of drug-likeness (QED) is 0.367. The summed E-state index contributed by atoms with van der Waals surface area (Å²) in [5.41, 5.74) is 1.38. The molecule has 2 amide bonds. The predicted molar refractivity (Wildman–Crippen MR) is 116 cm³/mol. The highest BCUT2D eigenvalue weighted by molar-refractivity contribution is 6.22. The summed E-state index contributed by atoms with van der Waals surface area (Å²) < 4.78 is 5.15. The average Bonchev–Trinajstić information content (AvgIpc) is 3.03. The lowest BCUT2D eigenvalue weighted by molar-refractivity contribution is -0.147. The van der Waals surface area contributed by atoms with E-state index in [0.29, 0.717) is 11.3 Å². The van der Waals surface area contributed by atoms with Crippen molar-refractivity contribution in [3.63, 3.8) is 0 Å². The first-order valence-electron chi connectivity index (χ1n) is 10.3. The molecule has 1 aliphatic heterocycles. The molecule has 0 aromatic heterocycles. The first-order valence-corrected chi connectivity index (χ1v) is 10.3. The monoisotopic (exact) mass is 442 g/mol. The topological polar surface area (TPSA) is 128 Å². The number of phenolic OH excluding ortho intramolecular Hbond substituents is 1. The molecule has 9 heteroatoms. The van der Waals surface area contributed by atoms with Crippen molar-refractivity contribution in [3.8, 4) is 5.75 Å². The lowest BCUT2D eigenvalue weighted by Gasteiger charge is -2.27. The van der Waals surface area contributed by atoms with Crippen molar-refractivity contribution < 1.29 is 34.4 Å². The maximum atomic E-state index is 12.9. The summed E-state index contributed by atoms with van der Waals surface area (Å²) in [4.78, 5) is 41.2. The van der Waals surface area contributed by atoms with E-state index < -0.39 is 23.8 Å². The van der Waals surface area contributed by atoms with Crippen molar-refractivity contribution in [1.29, 1.82) is 0 Å². The normalized spacial score (nSPS) is 13.8.